The molecule has 0 atom stereocenters. The third-order valence-corrected chi connectivity index (χ3v) is 4.18. The normalized spacial score (nSPS) is 11.1. The van der Waals surface area contributed by atoms with Crippen LogP contribution in [0, 0.1) is 0 Å². The number of hydrogen-bond acceptors (Lipinski definition) is 5. The second-order valence-electron chi connectivity index (χ2n) is 6.12. The number of carbonyl (C=O) groups excluding carboxylic acids is 1. The zero-order chi connectivity index (χ0) is 18.7. The van der Waals surface area contributed by atoms with E-state index in [0.717, 1.165) is 18.6 Å². The number of amides is 1. The van der Waals surface area contributed by atoms with Crippen molar-refractivity contribution < 1.29 is 9.53 Å². The summed E-state index contributed by atoms with van der Waals surface area (Å²) in [4.78, 5) is 14.7. The zero-order valence-electron chi connectivity index (χ0n) is 14.9. The number of rotatable bonds is 6. The Kier molecular flexibility index (Phi) is 5.39. The maximum Gasteiger partial charge on any atom is 0.255 e. The molecule has 2 aromatic carbocycles. The number of methoxy groups -OCH3 is 1. The molecule has 136 valence electrons. The van der Waals surface area contributed by atoms with Gasteiger partial charge in [0.25, 0.3) is 5.91 Å². The molecule has 0 fully saturated rings. The molecule has 0 aliphatic carbocycles. The van der Waals surface area contributed by atoms with Gasteiger partial charge in [0.2, 0.25) is 0 Å². The van der Waals surface area contributed by atoms with Crippen LogP contribution in [0.2, 0.25) is 5.02 Å². The summed E-state index contributed by atoms with van der Waals surface area (Å²) in [5.74, 6) is 0.272. The van der Waals surface area contributed by atoms with Gasteiger partial charge in [0.1, 0.15) is 11.3 Å². The van der Waals surface area contributed by atoms with Gasteiger partial charge in [-0.15, -0.1) is 5.10 Å². The molecule has 0 aliphatic rings. The minimum absolute atomic E-state index is 0.268. The van der Waals surface area contributed by atoms with E-state index in [1.807, 2.05) is 24.8 Å². The highest BCUT2D eigenvalue weighted by Crippen LogP contribution is 2.28. The van der Waals surface area contributed by atoms with Gasteiger partial charge in [-0.05, 0) is 50.5 Å². The predicted molar refractivity (Wildman–Crippen MR) is 102 cm³/mol. The first-order valence-electron chi connectivity index (χ1n) is 8.11. The Morgan fingerprint density at radius 3 is 2.81 bits per heavy atom. The van der Waals surface area contributed by atoms with Crippen molar-refractivity contribution in [1.29, 1.82) is 0 Å². The predicted octanol–water partition coefficient (Wildman–Crippen LogP) is 2.91. The molecular weight excluding hydrogens is 354 g/mol. The molecule has 3 aromatic rings. The van der Waals surface area contributed by atoms with Crippen molar-refractivity contribution in [2.45, 2.75) is 6.54 Å². The van der Waals surface area contributed by atoms with Gasteiger partial charge in [-0.1, -0.05) is 16.8 Å². The van der Waals surface area contributed by atoms with Gasteiger partial charge in [0.05, 0.1) is 24.9 Å². The average Bonchev–Trinajstić information content (AvgIpc) is 3.02. The topological polar surface area (TPSA) is 72.3 Å². The van der Waals surface area contributed by atoms with E-state index in [1.165, 1.54) is 7.11 Å². The van der Waals surface area contributed by atoms with Gasteiger partial charge in [-0.3, -0.25) is 4.79 Å². The number of aromatic nitrogens is 3. The van der Waals surface area contributed by atoms with Crippen molar-refractivity contribution in [3.05, 3.63) is 47.0 Å². The van der Waals surface area contributed by atoms with Crippen LogP contribution in [-0.4, -0.2) is 53.6 Å². The molecule has 1 amide bonds. The van der Waals surface area contributed by atoms with Crippen LogP contribution < -0.4 is 10.1 Å². The summed E-state index contributed by atoms with van der Waals surface area (Å²) in [6, 6.07) is 10.4. The van der Waals surface area contributed by atoms with Crippen molar-refractivity contribution in [3.63, 3.8) is 0 Å². The first-order chi connectivity index (χ1) is 12.5. The van der Waals surface area contributed by atoms with Gasteiger partial charge in [0.15, 0.2) is 0 Å². The summed E-state index contributed by atoms with van der Waals surface area (Å²) >= 11 is 6.00. The van der Waals surface area contributed by atoms with Crippen LogP contribution in [0.3, 0.4) is 0 Å². The molecule has 26 heavy (non-hydrogen) atoms. The number of benzene rings is 2. The van der Waals surface area contributed by atoms with Crippen LogP contribution in [0.15, 0.2) is 36.4 Å². The number of carbonyl (C=O) groups is 1. The van der Waals surface area contributed by atoms with E-state index in [4.69, 9.17) is 16.3 Å². The van der Waals surface area contributed by atoms with Crippen LogP contribution in [0.25, 0.3) is 11.0 Å². The van der Waals surface area contributed by atoms with Crippen LogP contribution in [0.4, 0.5) is 5.69 Å². The van der Waals surface area contributed by atoms with Crippen molar-refractivity contribution in [2.75, 3.05) is 33.1 Å². The van der Waals surface area contributed by atoms with E-state index in [2.05, 4.69) is 20.5 Å². The number of halogens is 1. The summed E-state index contributed by atoms with van der Waals surface area (Å²) < 4.78 is 7.08. The van der Waals surface area contributed by atoms with E-state index in [0.29, 0.717) is 27.5 Å². The highest BCUT2D eigenvalue weighted by atomic mass is 35.5. The molecule has 1 N–H and O–H groups in total. The zero-order valence-corrected chi connectivity index (χ0v) is 15.6. The summed E-state index contributed by atoms with van der Waals surface area (Å²) in [7, 11) is 5.55. The largest absolute Gasteiger partial charge is 0.495 e. The lowest BCUT2D eigenvalue weighted by atomic mass is 10.1. The fourth-order valence-corrected chi connectivity index (χ4v) is 2.72. The molecule has 0 saturated carbocycles. The highest BCUT2D eigenvalue weighted by Gasteiger charge is 2.13. The first kappa shape index (κ1) is 18.2. The summed E-state index contributed by atoms with van der Waals surface area (Å²) in [6.07, 6.45) is 0. The van der Waals surface area contributed by atoms with Crippen LogP contribution >= 0.6 is 11.6 Å². The Bertz CT molecular complexity index is 938. The average molecular weight is 374 g/mol. The molecule has 3 rings (SSSR count). The van der Waals surface area contributed by atoms with Crippen molar-refractivity contribution in [2.24, 2.45) is 0 Å². The van der Waals surface area contributed by atoms with Gasteiger partial charge in [-0.2, -0.15) is 0 Å². The lowest BCUT2D eigenvalue weighted by molar-refractivity contribution is 0.102. The minimum Gasteiger partial charge on any atom is -0.495 e. The third kappa shape index (κ3) is 3.95. The second kappa shape index (κ2) is 7.72. The number of likely N-dealkylation sites (N-methyl/N-ethyl adjacent to an activating group) is 1. The van der Waals surface area contributed by atoms with Gasteiger partial charge < -0.3 is 15.0 Å². The Balaban J connectivity index is 1.82. The number of nitrogens with one attached hydrogen (secondary N) is 1. The molecule has 0 saturated heterocycles. The van der Waals surface area contributed by atoms with E-state index in [-0.39, 0.29) is 5.91 Å². The molecule has 0 unspecified atom stereocenters. The van der Waals surface area contributed by atoms with Gasteiger partial charge in [-0.25, -0.2) is 4.68 Å². The molecule has 1 aromatic heterocycles. The first-order valence-corrected chi connectivity index (χ1v) is 8.48. The standard InChI is InChI=1S/C18H20ClN5O2/c1-23(2)8-9-24-16-6-4-12(10-14(16)21-22-24)18(25)20-15-11-13(19)5-7-17(15)26-3/h4-7,10-11H,8-9H2,1-3H3,(H,20,25). The van der Waals surface area contributed by atoms with Crippen molar-refractivity contribution in [3.8, 4) is 5.75 Å². The fraction of sp³-hybridized carbons (Fsp3) is 0.278. The molecule has 1 heterocycles. The number of nitrogens with zero attached hydrogens (tertiary/aromatic N) is 4. The summed E-state index contributed by atoms with van der Waals surface area (Å²) in [5.41, 5.74) is 2.57. The number of ether oxygens (including phenoxy) is 1. The third-order valence-electron chi connectivity index (χ3n) is 3.94. The lowest BCUT2D eigenvalue weighted by Gasteiger charge is -2.11. The second-order valence-corrected chi connectivity index (χ2v) is 6.55. The van der Waals surface area contributed by atoms with Crippen LogP contribution in [-0.2, 0) is 6.54 Å². The molecule has 7 nitrogen and oxygen atoms in total. The van der Waals surface area contributed by atoms with Crippen molar-refractivity contribution in [1.82, 2.24) is 19.9 Å². The quantitative estimate of drug-likeness (QED) is 0.719. The number of hydrogen-bond donors (Lipinski definition) is 1. The Morgan fingerprint density at radius 2 is 2.08 bits per heavy atom. The monoisotopic (exact) mass is 373 g/mol. The van der Waals surface area contributed by atoms with Crippen LogP contribution in [0.1, 0.15) is 10.4 Å². The Labute approximate surface area is 156 Å². The Hall–Kier alpha value is -2.64. The number of fused-ring (bicyclic) bond motifs is 1. The highest BCUT2D eigenvalue weighted by molar-refractivity contribution is 6.31. The lowest BCUT2D eigenvalue weighted by Crippen LogP contribution is -2.19. The van der Waals surface area contributed by atoms with Gasteiger partial charge in [0, 0.05) is 17.1 Å². The molecule has 0 spiro atoms. The number of anilines is 1. The molecule has 0 aliphatic heterocycles. The van der Waals surface area contributed by atoms with Gasteiger partial charge >= 0.3 is 0 Å². The maximum atomic E-state index is 12.6. The van der Waals surface area contributed by atoms with E-state index in [1.54, 1.807) is 30.3 Å². The summed E-state index contributed by atoms with van der Waals surface area (Å²) in [6.45, 7) is 1.59. The summed E-state index contributed by atoms with van der Waals surface area (Å²) in [5, 5.41) is 11.7. The molecular formula is C18H20ClN5O2. The maximum absolute atomic E-state index is 12.6. The fourth-order valence-electron chi connectivity index (χ4n) is 2.55. The minimum atomic E-state index is -0.268. The molecule has 0 bridgehead atoms. The van der Waals surface area contributed by atoms with E-state index < -0.39 is 0 Å². The van der Waals surface area contributed by atoms with Crippen molar-refractivity contribution >= 4 is 34.2 Å². The Morgan fingerprint density at radius 1 is 1.27 bits per heavy atom. The van der Waals surface area contributed by atoms with E-state index >= 15 is 0 Å². The van der Waals surface area contributed by atoms with E-state index in [9.17, 15) is 4.79 Å². The molecule has 8 heteroatoms. The smallest absolute Gasteiger partial charge is 0.255 e. The molecule has 0 radical (unpaired) electrons. The SMILES string of the molecule is COc1ccc(Cl)cc1NC(=O)c1ccc2c(c1)nnn2CCN(C)C. The van der Waals surface area contributed by atoms with Crippen LogP contribution in [0.5, 0.6) is 5.75 Å².